The molecule has 112 valence electrons. The second kappa shape index (κ2) is 7.14. The molecule has 0 saturated heterocycles. The van der Waals surface area contributed by atoms with Gasteiger partial charge in [0.25, 0.3) is 0 Å². The third-order valence-electron chi connectivity index (χ3n) is 3.73. The zero-order chi connectivity index (χ0) is 15.2. The number of nitrogens with one attached hydrogen (secondary N) is 1. The van der Waals surface area contributed by atoms with Gasteiger partial charge in [-0.1, -0.05) is 29.8 Å². The highest BCUT2D eigenvalue weighted by Crippen LogP contribution is 2.27. The lowest BCUT2D eigenvalue weighted by Gasteiger charge is -2.19. The van der Waals surface area contributed by atoms with Crippen molar-refractivity contribution in [3.8, 4) is 11.5 Å². The molecule has 0 saturated carbocycles. The molecule has 0 heterocycles. The van der Waals surface area contributed by atoms with E-state index in [0.717, 1.165) is 17.9 Å². The van der Waals surface area contributed by atoms with Crippen molar-refractivity contribution < 1.29 is 9.47 Å². The number of hydrogen-bond acceptors (Lipinski definition) is 3. The predicted octanol–water partition coefficient (Wildman–Crippen LogP) is 3.52. The molecule has 2 rings (SSSR count). The Hall–Kier alpha value is -2.00. The Morgan fingerprint density at radius 3 is 2.29 bits per heavy atom. The van der Waals surface area contributed by atoms with E-state index >= 15 is 0 Å². The molecule has 0 aliphatic rings. The molecule has 0 aliphatic carbocycles. The molecule has 1 unspecified atom stereocenters. The van der Waals surface area contributed by atoms with E-state index in [0.29, 0.717) is 0 Å². The van der Waals surface area contributed by atoms with Gasteiger partial charge in [0, 0.05) is 6.04 Å². The van der Waals surface area contributed by atoms with Crippen molar-refractivity contribution in [1.29, 1.82) is 0 Å². The van der Waals surface area contributed by atoms with Crippen LogP contribution in [0.5, 0.6) is 11.5 Å². The lowest BCUT2D eigenvalue weighted by atomic mass is 9.97. The molecule has 3 nitrogen and oxygen atoms in total. The van der Waals surface area contributed by atoms with Crippen LogP contribution in [0.4, 0.5) is 0 Å². The smallest absolute Gasteiger partial charge is 0.122 e. The summed E-state index contributed by atoms with van der Waals surface area (Å²) in [5.41, 5.74) is 3.70. The summed E-state index contributed by atoms with van der Waals surface area (Å²) >= 11 is 0. The maximum atomic E-state index is 5.47. The van der Waals surface area contributed by atoms with Gasteiger partial charge in [0.1, 0.15) is 11.5 Å². The summed E-state index contributed by atoms with van der Waals surface area (Å²) in [6.45, 7) is 2.10. The van der Waals surface area contributed by atoms with E-state index < -0.39 is 0 Å². The maximum Gasteiger partial charge on any atom is 0.122 e. The van der Waals surface area contributed by atoms with Crippen LogP contribution in [0.3, 0.4) is 0 Å². The quantitative estimate of drug-likeness (QED) is 0.881. The minimum atomic E-state index is 0.242. The molecule has 0 amide bonds. The molecule has 0 fully saturated rings. The Morgan fingerprint density at radius 2 is 1.71 bits per heavy atom. The minimum absolute atomic E-state index is 0.242. The molecule has 2 aromatic carbocycles. The van der Waals surface area contributed by atoms with Crippen LogP contribution in [0.25, 0.3) is 0 Å². The van der Waals surface area contributed by atoms with E-state index in [1.165, 1.54) is 16.7 Å². The van der Waals surface area contributed by atoms with Crippen molar-refractivity contribution in [2.45, 2.75) is 19.4 Å². The molecule has 0 bridgehead atoms. The summed E-state index contributed by atoms with van der Waals surface area (Å²) in [4.78, 5) is 0. The second-order valence-electron chi connectivity index (χ2n) is 5.13. The average Bonchev–Trinajstić information content (AvgIpc) is 2.53. The predicted molar refractivity (Wildman–Crippen MR) is 86.2 cm³/mol. The van der Waals surface area contributed by atoms with Gasteiger partial charge in [0.05, 0.1) is 14.2 Å². The molecule has 0 radical (unpaired) electrons. The van der Waals surface area contributed by atoms with Crippen LogP contribution >= 0.6 is 0 Å². The van der Waals surface area contributed by atoms with Crippen molar-refractivity contribution in [1.82, 2.24) is 5.32 Å². The first-order valence-corrected chi connectivity index (χ1v) is 7.12. The van der Waals surface area contributed by atoms with E-state index in [9.17, 15) is 0 Å². The van der Waals surface area contributed by atoms with Crippen LogP contribution in [-0.2, 0) is 6.42 Å². The number of rotatable bonds is 6. The van der Waals surface area contributed by atoms with E-state index in [2.05, 4.69) is 36.5 Å². The third kappa shape index (κ3) is 3.76. The summed E-state index contributed by atoms with van der Waals surface area (Å²) in [5.74, 6) is 1.82. The zero-order valence-electron chi connectivity index (χ0n) is 13.1. The van der Waals surface area contributed by atoms with Gasteiger partial charge < -0.3 is 14.8 Å². The molecular formula is C18H23NO2. The molecule has 0 aromatic heterocycles. The first kappa shape index (κ1) is 15.4. The van der Waals surface area contributed by atoms with Crippen LogP contribution in [-0.4, -0.2) is 21.3 Å². The number of likely N-dealkylation sites (N-methyl/N-ethyl adjacent to an activating group) is 1. The molecular weight excluding hydrogens is 262 g/mol. The summed E-state index contributed by atoms with van der Waals surface area (Å²) in [5, 5.41) is 3.38. The van der Waals surface area contributed by atoms with Gasteiger partial charge in [0.2, 0.25) is 0 Å². The van der Waals surface area contributed by atoms with E-state index in [1.807, 2.05) is 25.2 Å². The van der Waals surface area contributed by atoms with Crippen molar-refractivity contribution in [2.75, 3.05) is 21.3 Å². The summed E-state index contributed by atoms with van der Waals surface area (Å²) in [7, 11) is 5.38. The first-order valence-electron chi connectivity index (χ1n) is 7.12. The van der Waals surface area contributed by atoms with E-state index in [1.54, 1.807) is 14.2 Å². The van der Waals surface area contributed by atoms with Crippen LogP contribution < -0.4 is 14.8 Å². The van der Waals surface area contributed by atoms with Gasteiger partial charge in [-0.2, -0.15) is 0 Å². The number of methoxy groups -OCH3 is 2. The van der Waals surface area contributed by atoms with Gasteiger partial charge >= 0.3 is 0 Å². The topological polar surface area (TPSA) is 30.5 Å². The first-order chi connectivity index (χ1) is 10.2. The fraction of sp³-hybridized carbons (Fsp3) is 0.333. The Kier molecular flexibility index (Phi) is 5.23. The molecule has 1 N–H and O–H groups in total. The molecule has 3 heteroatoms. The Morgan fingerprint density at radius 1 is 1.00 bits per heavy atom. The van der Waals surface area contributed by atoms with E-state index in [-0.39, 0.29) is 6.04 Å². The molecule has 2 aromatic rings. The fourth-order valence-corrected chi connectivity index (χ4v) is 2.51. The van der Waals surface area contributed by atoms with Crippen molar-refractivity contribution in [2.24, 2.45) is 0 Å². The summed E-state index contributed by atoms with van der Waals surface area (Å²) in [6, 6.07) is 14.7. The molecule has 0 aliphatic heterocycles. The lowest BCUT2D eigenvalue weighted by Crippen LogP contribution is -2.19. The number of ether oxygens (including phenoxy) is 2. The highest BCUT2D eigenvalue weighted by molar-refractivity contribution is 5.39. The van der Waals surface area contributed by atoms with Crippen molar-refractivity contribution in [3.63, 3.8) is 0 Å². The average molecular weight is 285 g/mol. The molecule has 21 heavy (non-hydrogen) atoms. The second-order valence-corrected chi connectivity index (χ2v) is 5.13. The normalized spacial score (nSPS) is 12.0. The number of benzene rings is 2. The third-order valence-corrected chi connectivity index (χ3v) is 3.73. The Bertz CT molecular complexity index is 578. The summed E-state index contributed by atoms with van der Waals surface area (Å²) in [6.07, 6.45) is 0.883. The number of hydrogen-bond donors (Lipinski definition) is 1. The fourth-order valence-electron chi connectivity index (χ4n) is 2.51. The largest absolute Gasteiger partial charge is 0.497 e. The Balaban J connectivity index is 2.23. The van der Waals surface area contributed by atoms with Crippen LogP contribution in [0, 0.1) is 6.92 Å². The van der Waals surface area contributed by atoms with E-state index in [4.69, 9.17) is 9.47 Å². The van der Waals surface area contributed by atoms with Gasteiger partial charge in [-0.05, 0) is 49.7 Å². The van der Waals surface area contributed by atoms with Crippen LogP contribution in [0.15, 0.2) is 42.5 Å². The zero-order valence-corrected chi connectivity index (χ0v) is 13.1. The lowest BCUT2D eigenvalue weighted by molar-refractivity contribution is 0.406. The van der Waals surface area contributed by atoms with Crippen molar-refractivity contribution >= 4 is 0 Å². The minimum Gasteiger partial charge on any atom is -0.497 e. The monoisotopic (exact) mass is 285 g/mol. The SMILES string of the molecule is CNC(Cc1cc(C)ccc1OC)c1ccc(OC)cc1. The molecule has 0 spiro atoms. The van der Waals surface area contributed by atoms with Crippen molar-refractivity contribution in [3.05, 3.63) is 59.2 Å². The van der Waals surface area contributed by atoms with Gasteiger partial charge in [-0.3, -0.25) is 0 Å². The number of aryl methyl sites for hydroxylation is 1. The maximum absolute atomic E-state index is 5.47. The highest BCUT2D eigenvalue weighted by Gasteiger charge is 2.13. The van der Waals surface area contributed by atoms with Crippen LogP contribution in [0.1, 0.15) is 22.7 Å². The van der Waals surface area contributed by atoms with Gasteiger partial charge in [-0.25, -0.2) is 0 Å². The van der Waals surface area contributed by atoms with Gasteiger partial charge in [-0.15, -0.1) is 0 Å². The standard InChI is InChI=1S/C18H23NO2/c1-13-5-10-18(21-4)15(11-13)12-17(19-2)14-6-8-16(20-3)9-7-14/h5-11,17,19H,12H2,1-4H3. The van der Waals surface area contributed by atoms with Gasteiger partial charge in [0.15, 0.2) is 0 Å². The highest BCUT2D eigenvalue weighted by atomic mass is 16.5. The van der Waals surface area contributed by atoms with Crippen LogP contribution in [0.2, 0.25) is 0 Å². The Labute approximate surface area is 126 Å². The summed E-state index contributed by atoms with van der Waals surface area (Å²) < 4.78 is 10.7. The molecule has 1 atom stereocenters.